The molecule has 0 bridgehead atoms. The Morgan fingerprint density at radius 1 is 1.35 bits per heavy atom. The van der Waals surface area contributed by atoms with Crippen molar-refractivity contribution in [3.8, 4) is 11.8 Å². The molecule has 0 fully saturated rings. The molecule has 0 unspecified atom stereocenters. The summed E-state index contributed by atoms with van der Waals surface area (Å²) in [5.41, 5.74) is 3.17. The van der Waals surface area contributed by atoms with Gasteiger partial charge in [0.1, 0.15) is 5.01 Å². The fourth-order valence-corrected chi connectivity index (χ4v) is 2.78. The lowest BCUT2D eigenvalue weighted by Crippen LogP contribution is -2.17. The van der Waals surface area contributed by atoms with E-state index in [2.05, 4.69) is 34.7 Å². The van der Waals surface area contributed by atoms with Crippen molar-refractivity contribution in [3.05, 3.63) is 50.4 Å². The summed E-state index contributed by atoms with van der Waals surface area (Å²) in [4.78, 5) is 6.41. The van der Waals surface area contributed by atoms with Crippen LogP contribution in [0.15, 0.2) is 23.7 Å². The SMILES string of the molecule is Cc1cc(C)c(Cl)c(C#CCN(C)Cc2nccs2)c1. The third-order valence-electron chi connectivity index (χ3n) is 2.86. The Labute approximate surface area is 129 Å². The largest absolute Gasteiger partial charge is 0.289 e. The number of thiazole rings is 1. The molecule has 0 aliphatic carbocycles. The Balaban J connectivity index is 2.01. The standard InChI is InChI=1S/C16H17ClN2S/c1-12-9-13(2)16(17)14(10-12)5-4-7-19(3)11-15-18-6-8-20-15/h6,8-10H,7,11H2,1-3H3. The zero-order chi connectivity index (χ0) is 14.5. The molecule has 0 N–H and O–H groups in total. The summed E-state index contributed by atoms with van der Waals surface area (Å²) in [6.45, 7) is 5.59. The van der Waals surface area contributed by atoms with Gasteiger partial charge in [0.05, 0.1) is 18.1 Å². The van der Waals surface area contributed by atoms with Gasteiger partial charge in [-0.2, -0.15) is 0 Å². The molecule has 0 amide bonds. The quantitative estimate of drug-likeness (QED) is 0.800. The van der Waals surface area contributed by atoms with E-state index in [-0.39, 0.29) is 0 Å². The summed E-state index contributed by atoms with van der Waals surface area (Å²) >= 11 is 7.94. The summed E-state index contributed by atoms with van der Waals surface area (Å²) in [7, 11) is 2.04. The lowest BCUT2D eigenvalue weighted by Gasteiger charge is -2.10. The fraction of sp³-hybridized carbons (Fsp3) is 0.312. The first kappa shape index (κ1) is 15.1. The molecule has 1 heterocycles. The van der Waals surface area contributed by atoms with E-state index < -0.39 is 0 Å². The van der Waals surface area contributed by atoms with Crippen LogP contribution >= 0.6 is 22.9 Å². The highest BCUT2D eigenvalue weighted by Crippen LogP contribution is 2.21. The molecule has 2 rings (SSSR count). The number of hydrogen-bond acceptors (Lipinski definition) is 3. The lowest BCUT2D eigenvalue weighted by atomic mass is 10.1. The average molecular weight is 305 g/mol. The molecule has 0 saturated carbocycles. The minimum Gasteiger partial charge on any atom is -0.289 e. The number of halogens is 1. The van der Waals surface area contributed by atoms with Crippen molar-refractivity contribution in [2.24, 2.45) is 0 Å². The number of benzene rings is 1. The maximum absolute atomic E-state index is 6.27. The topological polar surface area (TPSA) is 16.1 Å². The summed E-state index contributed by atoms with van der Waals surface area (Å²) < 4.78 is 0. The third kappa shape index (κ3) is 4.08. The first-order chi connectivity index (χ1) is 9.56. The zero-order valence-corrected chi connectivity index (χ0v) is 13.5. The second-order valence-corrected chi connectivity index (χ2v) is 6.20. The first-order valence-electron chi connectivity index (χ1n) is 6.39. The van der Waals surface area contributed by atoms with E-state index in [0.717, 1.165) is 27.7 Å². The van der Waals surface area contributed by atoms with Crippen LogP contribution in [-0.4, -0.2) is 23.5 Å². The number of aryl methyl sites for hydroxylation is 2. The average Bonchev–Trinajstić information content (AvgIpc) is 2.87. The van der Waals surface area contributed by atoms with Crippen LogP contribution in [0.2, 0.25) is 5.02 Å². The molecule has 104 valence electrons. The van der Waals surface area contributed by atoms with Gasteiger partial charge in [0, 0.05) is 17.1 Å². The van der Waals surface area contributed by atoms with E-state index in [0.29, 0.717) is 6.54 Å². The van der Waals surface area contributed by atoms with E-state index in [1.165, 1.54) is 5.56 Å². The predicted molar refractivity (Wildman–Crippen MR) is 86.3 cm³/mol. The van der Waals surface area contributed by atoms with E-state index in [4.69, 9.17) is 11.6 Å². The number of rotatable bonds is 3. The minimum atomic E-state index is 0.697. The monoisotopic (exact) mass is 304 g/mol. The van der Waals surface area contributed by atoms with Gasteiger partial charge in [-0.05, 0) is 38.1 Å². The smallest absolute Gasteiger partial charge is 0.107 e. The zero-order valence-electron chi connectivity index (χ0n) is 11.9. The molecule has 0 saturated heterocycles. The molecule has 0 radical (unpaired) electrons. The summed E-state index contributed by atoms with van der Waals surface area (Å²) in [6.07, 6.45) is 1.83. The van der Waals surface area contributed by atoms with Crippen LogP contribution in [0.1, 0.15) is 21.7 Å². The molecule has 0 atom stereocenters. The van der Waals surface area contributed by atoms with Crippen molar-refractivity contribution in [2.45, 2.75) is 20.4 Å². The van der Waals surface area contributed by atoms with Gasteiger partial charge in [0.2, 0.25) is 0 Å². The van der Waals surface area contributed by atoms with Crippen LogP contribution in [0.4, 0.5) is 0 Å². The van der Waals surface area contributed by atoms with Crippen molar-refractivity contribution in [1.29, 1.82) is 0 Å². The van der Waals surface area contributed by atoms with E-state index in [1.807, 2.05) is 31.6 Å². The van der Waals surface area contributed by atoms with Crippen LogP contribution in [-0.2, 0) is 6.54 Å². The number of hydrogen-bond donors (Lipinski definition) is 0. The molecule has 0 aliphatic rings. The molecule has 20 heavy (non-hydrogen) atoms. The lowest BCUT2D eigenvalue weighted by molar-refractivity contribution is 0.368. The van der Waals surface area contributed by atoms with Crippen molar-refractivity contribution in [2.75, 3.05) is 13.6 Å². The van der Waals surface area contributed by atoms with Crippen LogP contribution in [0.25, 0.3) is 0 Å². The second-order valence-electron chi connectivity index (χ2n) is 4.84. The maximum Gasteiger partial charge on any atom is 0.107 e. The van der Waals surface area contributed by atoms with Gasteiger partial charge in [-0.3, -0.25) is 4.90 Å². The Bertz CT molecular complexity index is 638. The number of nitrogens with zero attached hydrogens (tertiary/aromatic N) is 2. The minimum absolute atomic E-state index is 0.697. The van der Waals surface area contributed by atoms with Gasteiger partial charge in [-0.1, -0.05) is 29.5 Å². The summed E-state index contributed by atoms with van der Waals surface area (Å²) in [6, 6.07) is 4.10. The van der Waals surface area contributed by atoms with Gasteiger partial charge < -0.3 is 0 Å². The molecule has 2 nitrogen and oxygen atoms in total. The highest BCUT2D eigenvalue weighted by molar-refractivity contribution is 7.09. The van der Waals surface area contributed by atoms with Crippen molar-refractivity contribution in [1.82, 2.24) is 9.88 Å². The van der Waals surface area contributed by atoms with E-state index in [1.54, 1.807) is 11.3 Å². The van der Waals surface area contributed by atoms with E-state index in [9.17, 15) is 0 Å². The fourth-order valence-electron chi connectivity index (χ4n) is 1.93. The van der Waals surface area contributed by atoms with Crippen LogP contribution in [0, 0.1) is 25.7 Å². The van der Waals surface area contributed by atoms with Gasteiger partial charge >= 0.3 is 0 Å². The van der Waals surface area contributed by atoms with Gasteiger partial charge in [0.15, 0.2) is 0 Å². The predicted octanol–water partition coefficient (Wildman–Crippen LogP) is 3.90. The van der Waals surface area contributed by atoms with Crippen LogP contribution in [0.5, 0.6) is 0 Å². The highest BCUT2D eigenvalue weighted by Gasteiger charge is 2.03. The Kier molecular flexibility index (Phi) is 5.19. The summed E-state index contributed by atoms with van der Waals surface area (Å²) in [5, 5.41) is 3.86. The van der Waals surface area contributed by atoms with Crippen molar-refractivity contribution < 1.29 is 0 Å². The Morgan fingerprint density at radius 2 is 2.15 bits per heavy atom. The second kappa shape index (κ2) is 6.90. The molecular formula is C16H17ClN2S. The Hall–Kier alpha value is -1.34. The number of aromatic nitrogens is 1. The highest BCUT2D eigenvalue weighted by atomic mass is 35.5. The van der Waals surface area contributed by atoms with Gasteiger partial charge in [-0.15, -0.1) is 11.3 Å². The molecule has 0 aliphatic heterocycles. The normalized spacial score (nSPS) is 10.4. The summed E-state index contributed by atoms with van der Waals surface area (Å²) in [5.74, 6) is 6.34. The molecule has 2 aromatic rings. The van der Waals surface area contributed by atoms with Crippen molar-refractivity contribution >= 4 is 22.9 Å². The third-order valence-corrected chi connectivity index (χ3v) is 4.13. The molecule has 0 spiro atoms. The molecule has 4 heteroatoms. The van der Waals surface area contributed by atoms with E-state index >= 15 is 0 Å². The van der Waals surface area contributed by atoms with Crippen LogP contribution in [0.3, 0.4) is 0 Å². The Morgan fingerprint density at radius 3 is 2.85 bits per heavy atom. The van der Waals surface area contributed by atoms with Crippen LogP contribution < -0.4 is 0 Å². The molecule has 1 aromatic heterocycles. The van der Waals surface area contributed by atoms with Gasteiger partial charge in [0.25, 0.3) is 0 Å². The first-order valence-corrected chi connectivity index (χ1v) is 7.64. The molecule has 1 aromatic carbocycles. The van der Waals surface area contributed by atoms with Crippen molar-refractivity contribution in [3.63, 3.8) is 0 Å². The van der Waals surface area contributed by atoms with Gasteiger partial charge in [-0.25, -0.2) is 4.98 Å². The maximum atomic E-state index is 6.27. The molecular weight excluding hydrogens is 288 g/mol.